The Hall–Kier alpha value is -2.41. The number of benzene rings is 2. The van der Waals surface area contributed by atoms with E-state index in [0.717, 1.165) is 37.3 Å². The molecule has 0 saturated carbocycles. The van der Waals surface area contributed by atoms with Gasteiger partial charge in [0.15, 0.2) is 0 Å². The maximum absolute atomic E-state index is 13.3. The van der Waals surface area contributed by atoms with Crippen LogP contribution in [0.25, 0.3) is 11.1 Å². The van der Waals surface area contributed by atoms with Crippen LogP contribution < -0.4 is 5.32 Å². The first kappa shape index (κ1) is 19.5. The number of likely N-dealkylation sites (tertiary alicyclic amines) is 1. The number of aliphatic hydroxyl groups is 1. The van der Waals surface area contributed by atoms with E-state index in [-0.39, 0.29) is 30.5 Å². The van der Waals surface area contributed by atoms with Crippen LogP contribution in [0.4, 0.5) is 5.69 Å². The summed E-state index contributed by atoms with van der Waals surface area (Å²) in [4.78, 5) is 17.5. The number of amides is 1. The Balaban J connectivity index is 1.46. The lowest BCUT2D eigenvalue weighted by Crippen LogP contribution is -2.47. The molecule has 1 amide bonds. The van der Waals surface area contributed by atoms with Crippen LogP contribution in [-0.2, 0) is 9.53 Å². The normalized spacial score (nSPS) is 26.0. The zero-order valence-corrected chi connectivity index (χ0v) is 17.2. The van der Waals surface area contributed by atoms with Crippen LogP contribution in [0.15, 0.2) is 48.5 Å². The molecular formula is C24H29N3O3. The molecule has 2 saturated heterocycles. The van der Waals surface area contributed by atoms with E-state index in [2.05, 4.69) is 45.4 Å². The number of rotatable bonds is 4. The maximum Gasteiger partial charge on any atom is 0.237 e. The van der Waals surface area contributed by atoms with Crippen LogP contribution in [0.1, 0.15) is 18.0 Å². The number of nitrogens with one attached hydrogen (secondary N) is 1. The molecule has 0 bridgehead atoms. The average Bonchev–Trinajstić information content (AvgIpc) is 3.25. The first-order valence-corrected chi connectivity index (χ1v) is 10.9. The fourth-order valence-electron chi connectivity index (χ4n) is 5.19. The monoisotopic (exact) mass is 407 g/mol. The fraction of sp³-hybridized carbons (Fsp3) is 0.458. The van der Waals surface area contributed by atoms with Gasteiger partial charge in [0.25, 0.3) is 0 Å². The van der Waals surface area contributed by atoms with Crippen molar-refractivity contribution < 1.29 is 14.6 Å². The van der Waals surface area contributed by atoms with Crippen molar-refractivity contribution in [3.05, 3.63) is 54.1 Å². The molecular weight excluding hydrogens is 378 g/mol. The van der Waals surface area contributed by atoms with E-state index in [4.69, 9.17) is 4.74 Å². The third-order valence-corrected chi connectivity index (χ3v) is 6.76. The van der Waals surface area contributed by atoms with Crippen LogP contribution in [-0.4, -0.2) is 72.9 Å². The molecule has 5 rings (SSSR count). The van der Waals surface area contributed by atoms with E-state index in [1.54, 1.807) is 0 Å². The molecule has 0 unspecified atom stereocenters. The molecule has 0 aromatic heterocycles. The number of nitrogens with zero attached hydrogens (tertiary/aromatic N) is 2. The van der Waals surface area contributed by atoms with Gasteiger partial charge in [0, 0.05) is 31.2 Å². The highest BCUT2D eigenvalue weighted by atomic mass is 16.5. The standard InChI is InChI=1S/C24H29N3O3/c28-16-22-19-8-9-27(23(29)15-26-10-12-30-13-11-26)24(19)20-14-18(6-7-21(20)25-22)17-4-2-1-3-5-17/h1-7,14,19,22,24-25,28H,8-13,15-16H2/t19-,22-,24-/m0/s1. The predicted molar refractivity (Wildman–Crippen MR) is 116 cm³/mol. The third kappa shape index (κ3) is 3.60. The van der Waals surface area contributed by atoms with Crippen molar-refractivity contribution in [2.75, 3.05) is 51.3 Å². The van der Waals surface area contributed by atoms with Gasteiger partial charge in [0.1, 0.15) is 0 Å². The van der Waals surface area contributed by atoms with Gasteiger partial charge in [0.2, 0.25) is 5.91 Å². The minimum absolute atomic E-state index is 0.00982. The van der Waals surface area contributed by atoms with Crippen LogP contribution >= 0.6 is 0 Å². The largest absolute Gasteiger partial charge is 0.394 e. The Bertz CT molecular complexity index is 898. The predicted octanol–water partition coefficient (Wildman–Crippen LogP) is 2.36. The summed E-state index contributed by atoms with van der Waals surface area (Å²) in [7, 11) is 0. The molecule has 2 aromatic rings. The number of morpholine rings is 1. The van der Waals surface area contributed by atoms with Crippen molar-refractivity contribution in [1.29, 1.82) is 0 Å². The number of hydrogen-bond donors (Lipinski definition) is 2. The third-order valence-electron chi connectivity index (χ3n) is 6.76. The lowest BCUT2D eigenvalue weighted by molar-refractivity contribution is -0.134. The van der Waals surface area contributed by atoms with Gasteiger partial charge in [-0.15, -0.1) is 0 Å². The van der Waals surface area contributed by atoms with E-state index < -0.39 is 0 Å². The Morgan fingerprint density at radius 3 is 2.63 bits per heavy atom. The zero-order chi connectivity index (χ0) is 20.5. The van der Waals surface area contributed by atoms with Crippen LogP contribution in [0.5, 0.6) is 0 Å². The van der Waals surface area contributed by atoms with Crippen molar-refractivity contribution in [3.63, 3.8) is 0 Å². The quantitative estimate of drug-likeness (QED) is 0.815. The van der Waals surface area contributed by atoms with Gasteiger partial charge in [-0.3, -0.25) is 9.69 Å². The van der Waals surface area contributed by atoms with Crippen molar-refractivity contribution in [1.82, 2.24) is 9.80 Å². The van der Waals surface area contributed by atoms with Crippen molar-refractivity contribution in [2.24, 2.45) is 5.92 Å². The Morgan fingerprint density at radius 2 is 1.87 bits per heavy atom. The summed E-state index contributed by atoms with van der Waals surface area (Å²) in [5.41, 5.74) is 4.52. The summed E-state index contributed by atoms with van der Waals surface area (Å²) < 4.78 is 5.42. The van der Waals surface area contributed by atoms with E-state index in [1.807, 2.05) is 18.2 Å². The van der Waals surface area contributed by atoms with E-state index >= 15 is 0 Å². The number of fused-ring (bicyclic) bond motifs is 3. The molecule has 30 heavy (non-hydrogen) atoms. The van der Waals surface area contributed by atoms with Gasteiger partial charge in [0.05, 0.1) is 38.4 Å². The summed E-state index contributed by atoms with van der Waals surface area (Å²) in [6.45, 7) is 4.26. The molecule has 0 spiro atoms. The fourth-order valence-corrected chi connectivity index (χ4v) is 5.19. The van der Waals surface area contributed by atoms with E-state index in [9.17, 15) is 9.90 Å². The van der Waals surface area contributed by atoms with Gasteiger partial charge >= 0.3 is 0 Å². The van der Waals surface area contributed by atoms with Gasteiger partial charge in [-0.1, -0.05) is 36.4 Å². The molecule has 6 nitrogen and oxygen atoms in total. The molecule has 6 heteroatoms. The molecule has 3 aliphatic heterocycles. The van der Waals surface area contributed by atoms with Crippen molar-refractivity contribution in [3.8, 4) is 11.1 Å². The second-order valence-electron chi connectivity index (χ2n) is 8.47. The summed E-state index contributed by atoms with van der Waals surface area (Å²) in [5.74, 6) is 0.404. The number of ether oxygens (including phenoxy) is 1. The van der Waals surface area contributed by atoms with Gasteiger partial charge in [-0.2, -0.15) is 0 Å². The first-order chi connectivity index (χ1) is 14.7. The molecule has 2 N–H and O–H groups in total. The molecule has 3 aliphatic rings. The highest BCUT2D eigenvalue weighted by Gasteiger charge is 2.45. The van der Waals surface area contributed by atoms with Crippen LogP contribution in [0, 0.1) is 5.92 Å². The van der Waals surface area contributed by atoms with Crippen LogP contribution in [0.2, 0.25) is 0 Å². The second kappa shape index (κ2) is 8.38. The lowest BCUT2D eigenvalue weighted by Gasteiger charge is -2.40. The number of anilines is 1. The van der Waals surface area contributed by atoms with E-state index in [1.165, 1.54) is 11.1 Å². The number of carbonyl (C=O) groups excluding carboxylic acids is 1. The van der Waals surface area contributed by atoms with Gasteiger partial charge < -0.3 is 20.1 Å². The summed E-state index contributed by atoms with van der Waals surface area (Å²) in [6.07, 6.45) is 0.909. The molecule has 2 aromatic carbocycles. The molecule has 158 valence electrons. The zero-order valence-electron chi connectivity index (χ0n) is 17.2. The SMILES string of the molecule is O=C(CN1CCOCC1)N1CC[C@H]2[C@H](CO)Nc3ccc(-c4ccccc4)cc3[C@H]21. The minimum atomic E-state index is -0.0220. The van der Waals surface area contributed by atoms with Crippen LogP contribution in [0.3, 0.4) is 0 Å². The molecule has 0 aliphatic carbocycles. The topological polar surface area (TPSA) is 65.0 Å². The smallest absolute Gasteiger partial charge is 0.237 e. The maximum atomic E-state index is 13.3. The number of carbonyl (C=O) groups is 1. The number of aliphatic hydroxyl groups excluding tert-OH is 1. The molecule has 3 heterocycles. The molecule has 2 fully saturated rings. The van der Waals surface area contributed by atoms with Gasteiger partial charge in [-0.05, 0) is 35.2 Å². The second-order valence-corrected chi connectivity index (χ2v) is 8.47. The highest BCUT2D eigenvalue weighted by Crippen LogP contribution is 2.47. The highest BCUT2D eigenvalue weighted by molar-refractivity contribution is 5.80. The Morgan fingerprint density at radius 1 is 1.07 bits per heavy atom. The summed E-state index contributed by atoms with van der Waals surface area (Å²) in [6, 6.07) is 16.8. The minimum Gasteiger partial charge on any atom is -0.394 e. The van der Waals surface area contributed by atoms with Crippen molar-refractivity contribution >= 4 is 11.6 Å². The first-order valence-electron chi connectivity index (χ1n) is 10.9. The van der Waals surface area contributed by atoms with E-state index in [0.29, 0.717) is 19.8 Å². The van der Waals surface area contributed by atoms with Crippen molar-refractivity contribution in [2.45, 2.75) is 18.5 Å². The summed E-state index contributed by atoms with van der Waals surface area (Å²) in [5, 5.41) is 13.5. The molecule has 3 atom stereocenters. The summed E-state index contributed by atoms with van der Waals surface area (Å²) >= 11 is 0. The average molecular weight is 408 g/mol. The van der Waals surface area contributed by atoms with Gasteiger partial charge in [-0.25, -0.2) is 0 Å². The Kier molecular flexibility index (Phi) is 5.46. The number of hydrogen-bond acceptors (Lipinski definition) is 5. The lowest BCUT2D eigenvalue weighted by atomic mass is 9.82. The molecule has 0 radical (unpaired) electrons. The Labute approximate surface area is 177 Å².